The van der Waals surface area contributed by atoms with Gasteiger partial charge in [0, 0.05) is 16.4 Å². The van der Waals surface area contributed by atoms with Crippen molar-refractivity contribution in [2.45, 2.75) is 0 Å². The standard InChI is InChI=1S/C22H17ClN2OS/c23-18-7-4-8-20(15-18)25-22(27)21(26)24-19-13-11-17(12-14-19)10-9-16-5-2-1-3-6-16/h1-15H,(H,24,26)(H,25,27)/b10-9+. The Bertz CT molecular complexity index is 969. The Kier molecular flexibility index (Phi) is 6.36. The van der Waals surface area contributed by atoms with Gasteiger partial charge in [-0.15, -0.1) is 0 Å². The van der Waals surface area contributed by atoms with Crippen LogP contribution in [0.4, 0.5) is 11.4 Å². The molecule has 3 aromatic carbocycles. The van der Waals surface area contributed by atoms with Crippen LogP contribution in [0.5, 0.6) is 0 Å². The van der Waals surface area contributed by atoms with Gasteiger partial charge < -0.3 is 10.6 Å². The SMILES string of the molecule is O=C(Nc1ccc(/C=C/c2ccccc2)cc1)C(=S)Nc1cccc(Cl)c1. The predicted octanol–water partition coefficient (Wildman–Crippen LogP) is 5.89. The molecular weight excluding hydrogens is 376 g/mol. The minimum atomic E-state index is -0.377. The lowest BCUT2D eigenvalue weighted by Crippen LogP contribution is -2.27. The molecule has 27 heavy (non-hydrogen) atoms. The van der Waals surface area contributed by atoms with E-state index < -0.39 is 0 Å². The summed E-state index contributed by atoms with van der Waals surface area (Å²) in [6.45, 7) is 0. The normalized spacial score (nSPS) is 10.6. The molecule has 0 unspecified atom stereocenters. The summed E-state index contributed by atoms with van der Waals surface area (Å²) in [6, 6.07) is 24.6. The third-order valence-corrected chi connectivity index (χ3v) is 4.25. The molecule has 0 aromatic heterocycles. The van der Waals surface area contributed by atoms with E-state index in [0.29, 0.717) is 16.4 Å². The molecule has 0 heterocycles. The van der Waals surface area contributed by atoms with E-state index in [4.69, 9.17) is 23.8 Å². The fourth-order valence-corrected chi connectivity index (χ4v) is 2.74. The van der Waals surface area contributed by atoms with Gasteiger partial charge in [-0.1, -0.05) is 84.5 Å². The van der Waals surface area contributed by atoms with Crippen LogP contribution in [0.1, 0.15) is 11.1 Å². The maximum Gasteiger partial charge on any atom is 0.283 e. The van der Waals surface area contributed by atoms with Crippen LogP contribution in [-0.4, -0.2) is 10.9 Å². The lowest BCUT2D eigenvalue weighted by atomic mass is 10.1. The molecule has 0 aliphatic rings. The lowest BCUT2D eigenvalue weighted by molar-refractivity contribution is -0.110. The number of thiocarbonyl (C=S) groups is 1. The van der Waals surface area contributed by atoms with E-state index in [9.17, 15) is 4.79 Å². The minimum absolute atomic E-state index is 0.0744. The van der Waals surface area contributed by atoms with Gasteiger partial charge in [-0.3, -0.25) is 4.79 Å². The molecule has 3 nitrogen and oxygen atoms in total. The van der Waals surface area contributed by atoms with Gasteiger partial charge in [0.25, 0.3) is 5.91 Å². The highest BCUT2D eigenvalue weighted by atomic mass is 35.5. The Balaban J connectivity index is 1.58. The average Bonchev–Trinajstić information content (AvgIpc) is 2.68. The van der Waals surface area contributed by atoms with Crippen molar-refractivity contribution < 1.29 is 4.79 Å². The first-order chi connectivity index (χ1) is 13.1. The zero-order valence-electron chi connectivity index (χ0n) is 14.4. The van der Waals surface area contributed by atoms with Crippen molar-refractivity contribution >= 4 is 58.2 Å². The van der Waals surface area contributed by atoms with E-state index in [1.54, 1.807) is 24.3 Å². The second-order valence-electron chi connectivity index (χ2n) is 5.78. The Morgan fingerprint density at radius 3 is 2.11 bits per heavy atom. The second-order valence-corrected chi connectivity index (χ2v) is 6.63. The molecule has 0 saturated carbocycles. The van der Waals surface area contributed by atoms with Gasteiger partial charge in [0.2, 0.25) is 0 Å². The van der Waals surface area contributed by atoms with Crippen LogP contribution in [0.25, 0.3) is 12.2 Å². The van der Waals surface area contributed by atoms with Crippen molar-refractivity contribution in [3.63, 3.8) is 0 Å². The number of carbonyl (C=O) groups excluding carboxylic acids is 1. The molecule has 0 aliphatic heterocycles. The maximum absolute atomic E-state index is 12.2. The van der Waals surface area contributed by atoms with Crippen molar-refractivity contribution in [3.05, 3.63) is 95.0 Å². The number of rotatable bonds is 4. The van der Waals surface area contributed by atoms with E-state index in [0.717, 1.165) is 11.1 Å². The van der Waals surface area contributed by atoms with Crippen LogP contribution in [0.15, 0.2) is 78.9 Å². The fourth-order valence-electron chi connectivity index (χ4n) is 2.38. The summed E-state index contributed by atoms with van der Waals surface area (Å²) in [4.78, 5) is 12.3. The van der Waals surface area contributed by atoms with Gasteiger partial charge in [-0.05, 0) is 41.5 Å². The summed E-state index contributed by atoms with van der Waals surface area (Å²) < 4.78 is 0. The number of amides is 1. The van der Waals surface area contributed by atoms with Gasteiger partial charge in [0.1, 0.15) is 0 Å². The smallest absolute Gasteiger partial charge is 0.283 e. The second kappa shape index (κ2) is 9.12. The first kappa shape index (κ1) is 18.8. The molecule has 0 spiro atoms. The van der Waals surface area contributed by atoms with E-state index in [1.807, 2.05) is 66.7 Å². The highest BCUT2D eigenvalue weighted by Crippen LogP contribution is 2.16. The van der Waals surface area contributed by atoms with Crippen LogP contribution in [0.3, 0.4) is 0 Å². The number of hydrogen-bond acceptors (Lipinski definition) is 2. The van der Waals surface area contributed by atoms with E-state index in [-0.39, 0.29) is 10.9 Å². The summed E-state index contributed by atoms with van der Waals surface area (Å²) in [5, 5.41) is 6.23. The number of carbonyl (C=O) groups is 1. The van der Waals surface area contributed by atoms with Crippen LogP contribution in [0.2, 0.25) is 5.02 Å². The molecule has 0 aliphatic carbocycles. The number of halogens is 1. The summed E-state index contributed by atoms with van der Waals surface area (Å²) in [6.07, 6.45) is 4.06. The summed E-state index contributed by atoms with van der Waals surface area (Å²) in [7, 11) is 0. The molecule has 3 rings (SSSR count). The van der Waals surface area contributed by atoms with Crippen LogP contribution in [0, 0.1) is 0 Å². The molecule has 134 valence electrons. The zero-order chi connectivity index (χ0) is 19.1. The van der Waals surface area contributed by atoms with Crippen molar-refractivity contribution in [2.75, 3.05) is 10.6 Å². The van der Waals surface area contributed by atoms with Crippen molar-refractivity contribution in [1.82, 2.24) is 0 Å². The lowest BCUT2D eigenvalue weighted by Gasteiger charge is -2.09. The number of hydrogen-bond donors (Lipinski definition) is 2. The summed E-state index contributed by atoms with van der Waals surface area (Å²) >= 11 is 11.1. The summed E-state index contributed by atoms with van der Waals surface area (Å²) in [5.41, 5.74) is 3.51. The first-order valence-corrected chi connectivity index (χ1v) is 9.10. The first-order valence-electron chi connectivity index (χ1n) is 8.31. The highest BCUT2D eigenvalue weighted by Gasteiger charge is 2.10. The van der Waals surface area contributed by atoms with Crippen LogP contribution >= 0.6 is 23.8 Å². The number of benzene rings is 3. The monoisotopic (exact) mass is 392 g/mol. The molecule has 1 amide bonds. The topological polar surface area (TPSA) is 41.1 Å². The average molecular weight is 393 g/mol. The molecule has 3 aromatic rings. The Hall–Kier alpha value is -2.95. The molecule has 0 atom stereocenters. The highest BCUT2D eigenvalue weighted by molar-refractivity contribution is 7.82. The van der Waals surface area contributed by atoms with Crippen LogP contribution < -0.4 is 10.6 Å². The Morgan fingerprint density at radius 2 is 1.44 bits per heavy atom. The maximum atomic E-state index is 12.2. The third-order valence-electron chi connectivity index (χ3n) is 3.73. The minimum Gasteiger partial charge on any atom is -0.342 e. The van der Waals surface area contributed by atoms with E-state index in [1.165, 1.54) is 0 Å². The van der Waals surface area contributed by atoms with Crippen molar-refractivity contribution in [2.24, 2.45) is 0 Å². The quantitative estimate of drug-likeness (QED) is 0.429. The predicted molar refractivity (Wildman–Crippen MR) is 118 cm³/mol. The van der Waals surface area contributed by atoms with E-state index >= 15 is 0 Å². The molecule has 2 N–H and O–H groups in total. The summed E-state index contributed by atoms with van der Waals surface area (Å²) in [5.74, 6) is -0.377. The van der Waals surface area contributed by atoms with Crippen molar-refractivity contribution in [3.8, 4) is 0 Å². The van der Waals surface area contributed by atoms with E-state index in [2.05, 4.69) is 10.6 Å². The molecule has 0 fully saturated rings. The van der Waals surface area contributed by atoms with Gasteiger partial charge in [-0.2, -0.15) is 0 Å². The molecule has 0 bridgehead atoms. The number of nitrogens with one attached hydrogen (secondary N) is 2. The van der Waals surface area contributed by atoms with Crippen molar-refractivity contribution in [1.29, 1.82) is 0 Å². The fraction of sp³-hybridized carbons (Fsp3) is 0. The molecular formula is C22H17ClN2OS. The Morgan fingerprint density at radius 1 is 0.778 bits per heavy atom. The molecule has 0 radical (unpaired) electrons. The van der Waals surface area contributed by atoms with Gasteiger partial charge in [0.05, 0.1) is 0 Å². The molecule has 5 heteroatoms. The zero-order valence-corrected chi connectivity index (χ0v) is 15.9. The van der Waals surface area contributed by atoms with Gasteiger partial charge >= 0.3 is 0 Å². The number of anilines is 2. The van der Waals surface area contributed by atoms with Gasteiger partial charge in [-0.25, -0.2) is 0 Å². The third kappa shape index (κ3) is 5.78. The Labute approximate surface area is 168 Å². The van der Waals surface area contributed by atoms with Crippen LogP contribution in [-0.2, 0) is 4.79 Å². The molecule has 0 saturated heterocycles. The van der Waals surface area contributed by atoms with Gasteiger partial charge in [0.15, 0.2) is 4.99 Å². The largest absolute Gasteiger partial charge is 0.342 e.